The molecule has 0 atom stereocenters. The lowest BCUT2D eigenvalue weighted by atomic mass is 10.2. The first-order chi connectivity index (χ1) is 8.25. The van der Waals surface area contributed by atoms with Crippen molar-refractivity contribution in [3.05, 3.63) is 17.7 Å². The van der Waals surface area contributed by atoms with Gasteiger partial charge < -0.3 is 9.47 Å². The first kappa shape index (κ1) is 13.2. The molecule has 1 aliphatic rings. The highest BCUT2D eigenvalue weighted by molar-refractivity contribution is 7.89. The Morgan fingerprint density at radius 3 is 2.33 bits per heavy atom. The molecule has 0 saturated carbocycles. The van der Waals surface area contributed by atoms with E-state index < -0.39 is 15.8 Å². The van der Waals surface area contributed by atoms with Crippen LogP contribution in [0.1, 0.15) is 26.3 Å². The van der Waals surface area contributed by atoms with Crippen molar-refractivity contribution in [2.24, 2.45) is 0 Å². The molecule has 0 bridgehead atoms. The van der Waals surface area contributed by atoms with Crippen molar-refractivity contribution in [2.45, 2.75) is 38.4 Å². The zero-order chi connectivity index (χ0) is 13.6. The van der Waals surface area contributed by atoms with Crippen LogP contribution in [0.2, 0.25) is 0 Å². The molecule has 0 aromatic heterocycles. The van der Waals surface area contributed by atoms with Crippen LogP contribution in [0.3, 0.4) is 0 Å². The van der Waals surface area contributed by atoms with E-state index in [-0.39, 0.29) is 4.90 Å². The van der Waals surface area contributed by atoms with E-state index in [2.05, 4.69) is 4.72 Å². The van der Waals surface area contributed by atoms with Crippen LogP contribution in [0.4, 0.5) is 0 Å². The first-order valence-corrected chi connectivity index (χ1v) is 7.26. The molecule has 1 aromatic rings. The molecule has 18 heavy (non-hydrogen) atoms. The van der Waals surface area contributed by atoms with Crippen molar-refractivity contribution in [2.75, 3.05) is 6.54 Å². The summed E-state index contributed by atoms with van der Waals surface area (Å²) in [6, 6.07) is 3.20. The number of benzene rings is 1. The van der Waals surface area contributed by atoms with Crippen LogP contribution in [0.25, 0.3) is 0 Å². The highest BCUT2D eigenvalue weighted by Gasteiger charge is 2.33. The van der Waals surface area contributed by atoms with Gasteiger partial charge in [-0.15, -0.1) is 0 Å². The molecular formula is C12H17NO4S. The molecule has 1 N–H and O–H groups in total. The molecule has 0 saturated heterocycles. The molecule has 0 spiro atoms. The van der Waals surface area contributed by atoms with Crippen LogP contribution in [0.15, 0.2) is 17.0 Å². The van der Waals surface area contributed by atoms with Crippen molar-refractivity contribution >= 4 is 10.0 Å². The third-order valence-electron chi connectivity index (χ3n) is 2.58. The molecule has 1 aliphatic heterocycles. The molecule has 0 radical (unpaired) electrons. The fourth-order valence-electron chi connectivity index (χ4n) is 1.91. The third kappa shape index (κ3) is 2.30. The van der Waals surface area contributed by atoms with Crippen molar-refractivity contribution in [1.29, 1.82) is 0 Å². The maximum atomic E-state index is 12.0. The Balaban J connectivity index is 2.49. The van der Waals surface area contributed by atoms with Crippen LogP contribution in [-0.4, -0.2) is 20.7 Å². The SMILES string of the molecule is CCNS(=O)(=O)c1cc2c(cc1C)OC(C)(C)O2. The number of nitrogens with one attached hydrogen (secondary N) is 1. The number of rotatable bonds is 3. The monoisotopic (exact) mass is 271 g/mol. The highest BCUT2D eigenvalue weighted by Crippen LogP contribution is 2.41. The van der Waals surface area contributed by atoms with E-state index in [9.17, 15) is 8.42 Å². The van der Waals surface area contributed by atoms with Crippen LogP contribution in [0.5, 0.6) is 11.5 Å². The molecule has 1 aromatic carbocycles. The Hall–Kier alpha value is -1.27. The van der Waals surface area contributed by atoms with Crippen LogP contribution in [-0.2, 0) is 10.0 Å². The predicted octanol–water partition coefficient (Wildman–Crippen LogP) is 1.80. The summed E-state index contributed by atoms with van der Waals surface area (Å²) in [5.74, 6) is 0.282. The van der Waals surface area contributed by atoms with Gasteiger partial charge in [0.05, 0.1) is 4.90 Å². The van der Waals surface area contributed by atoms with E-state index in [0.29, 0.717) is 23.6 Å². The molecule has 0 unspecified atom stereocenters. The fraction of sp³-hybridized carbons (Fsp3) is 0.500. The molecule has 100 valence electrons. The minimum Gasteiger partial charge on any atom is -0.449 e. The molecule has 5 nitrogen and oxygen atoms in total. The Morgan fingerprint density at radius 2 is 1.78 bits per heavy atom. The van der Waals surface area contributed by atoms with Gasteiger partial charge in [-0.2, -0.15) is 0 Å². The van der Waals surface area contributed by atoms with Crippen molar-refractivity contribution < 1.29 is 17.9 Å². The average molecular weight is 271 g/mol. The highest BCUT2D eigenvalue weighted by atomic mass is 32.2. The second kappa shape index (κ2) is 4.13. The van der Waals surface area contributed by atoms with E-state index in [1.807, 2.05) is 0 Å². The van der Waals surface area contributed by atoms with Crippen LogP contribution >= 0.6 is 0 Å². The van der Waals surface area contributed by atoms with Gasteiger partial charge in [-0.1, -0.05) is 6.92 Å². The molecule has 2 rings (SSSR count). The van der Waals surface area contributed by atoms with Gasteiger partial charge in [-0.25, -0.2) is 13.1 Å². The van der Waals surface area contributed by atoms with Gasteiger partial charge in [0, 0.05) is 26.5 Å². The first-order valence-electron chi connectivity index (χ1n) is 5.77. The minimum absolute atomic E-state index is 0.226. The summed E-state index contributed by atoms with van der Waals surface area (Å²) in [5, 5.41) is 0. The molecule has 0 aliphatic carbocycles. The second-order valence-electron chi connectivity index (χ2n) is 4.67. The number of ether oxygens (including phenoxy) is 2. The number of hydrogen-bond acceptors (Lipinski definition) is 4. The summed E-state index contributed by atoms with van der Waals surface area (Å²) in [5.41, 5.74) is 0.635. The maximum Gasteiger partial charge on any atom is 0.246 e. The summed E-state index contributed by atoms with van der Waals surface area (Å²) >= 11 is 0. The summed E-state index contributed by atoms with van der Waals surface area (Å²) in [6.45, 7) is 7.38. The van der Waals surface area contributed by atoms with E-state index in [4.69, 9.17) is 9.47 Å². The van der Waals surface area contributed by atoms with Gasteiger partial charge in [-0.3, -0.25) is 0 Å². The summed E-state index contributed by atoms with van der Waals surface area (Å²) in [4.78, 5) is 0.226. The molecular weight excluding hydrogens is 254 g/mol. The lowest BCUT2D eigenvalue weighted by molar-refractivity contribution is -0.0432. The van der Waals surface area contributed by atoms with Crippen LogP contribution < -0.4 is 14.2 Å². The zero-order valence-electron chi connectivity index (χ0n) is 10.9. The second-order valence-corrected chi connectivity index (χ2v) is 6.41. The van der Waals surface area contributed by atoms with Gasteiger partial charge >= 0.3 is 0 Å². The summed E-state index contributed by atoms with van der Waals surface area (Å²) < 4.78 is 37.6. The van der Waals surface area contributed by atoms with Gasteiger partial charge in [0.15, 0.2) is 11.5 Å². The number of sulfonamides is 1. The molecule has 0 amide bonds. The van der Waals surface area contributed by atoms with E-state index in [0.717, 1.165) is 0 Å². The standard InChI is InChI=1S/C12H17NO4S/c1-5-13-18(14,15)11-7-10-9(6-8(11)2)16-12(3,4)17-10/h6-7,13H,5H2,1-4H3. The Bertz CT molecular complexity index is 578. The normalized spacial score (nSPS) is 16.9. The largest absolute Gasteiger partial charge is 0.449 e. The van der Waals surface area contributed by atoms with Gasteiger partial charge in [0.25, 0.3) is 0 Å². The molecule has 1 heterocycles. The Kier molecular flexibility index (Phi) is 3.03. The summed E-state index contributed by atoms with van der Waals surface area (Å²) in [6.07, 6.45) is 0. The smallest absolute Gasteiger partial charge is 0.246 e. The third-order valence-corrected chi connectivity index (χ3v) is 4.26. The number of aryl methyl sites for hydroxylation is 1. The van der Waals surface area contributed by atoms with Gasteiger partial charge in [0.1, 0.15) is 0 Å². The van der Waals surface area contributed by atoms with Gasteiger partial charge in [-0.05, 0) is 18.6 Å². The minimum atomic E-state index is -3.49. The Labute approximate surface area is 107 Å². The number of fused-ring (bicyclic) bond motifs is 1. The fourth-order valence-corrected chi connectivity index (χ4v) is 3.19. The van der Waals surface area contributed by atoms with Gasteiger partial charge in [0.2, 0.25) is 15.8 Å². The lowest BCUT2D eigenvalue weighted by Crippen LogP contribution is -2.29. The lowest BCUT2D eigenvalue weighted by Gasteiger charge is -2.16. The van der Waals surface area contributed by atoms with E-state index in [1.165, 1.54) is 6.07 Å². The number of hydrogen-bond donors (Lipinski definition) is 1. The average Bonchev–Trinajstić information content (AvgIpc) is 2.49. The topological polar surface area (TPSA) is 64.6 Å². The molecule has 0 fully saturated rings. The summed E-state index contributed by atoms with van der Waals surface area (Å²) in [7, 11) is -3.49. The quantitative estimate of drug-likeness (QED) is 0.910. The van der Waals surface area contributed by atoms with E-state index >= 15 is 0 Å². The van der Waals surface area contributed by atoms with Crippen molar-refractivity contribution in [1.82, 2.24) is 4.72 Å². The predicted molar refractivity (Wildman–Crippen MR) is 67.4 cm³/mol. The van der Waals surface area contributed by atoms with Crippen molar-refractivity contribution in [3.8, 4) is 11.5 Å². The van der Waals surface area contributed by atoms with Crippen molar-refractivity contribution in [3.63, 3.8) is 0 Å². The van der Waals surface area contributed by atoms with Crippen LogP contribution in [0, 0.1) is 6.92 Å². The zero-order valence-corrected chi connectivity index (χ0v) is 11.7. The Morgan fingerprint density at radius 1 is 1.22 bits per heavy atom. The maximum absolute atomic E-state index is 12.0. The van der Waals surface area contributed by atoms with E-state index in [1.54, 1.807) is 33.8 Å². The molecule has 6 heteroatoms.